The molecule has 0 N–H and O–H groups in total. The zero-order chi connectivity index (χ0) is 30.0. The van der Waals surface area contributed by atoms with Gasteiger partial charge < -0.3 is 9.47 Å². The van der Waals surface area contributed by atoms with Gasteiger partial charge in [0, 0.05) is 62.7 Å². The van der Waals surface area contributed by atoms with Crippen LogP contribution in [-0.4, -0.2) is 46.5 Å². The largest absolute Gasteiger partial charge is 0.416 e. The van der Waals surface area contributed by atoms with Crippen molar-refractivity contribution in [1.29, 1.82) is 0 Å². The number of carbonyl (C=O) groups excluding carboxylic acids is 1. The molecule has 0 unspecified atom stereocenters. The Kier molecular flexibility index (Phi) is 8.08. The smallest absolute Gasteiger partial charge is 0.350 e. The molecule has 220 valence electrons. The summed E-state index contributed by atoms with van der Waals surface area (Å²) in [7, 11) is 1.92. The summed E-state index contributed by atoms with van der Waals surface area (Å²) in [5.41, 5.74) is 4.03. The van der Waals surface area contributed by atoms with Crippen LogP contribution in [0.4, 0.5) is 13.2 Å². The van der Waals surface area contributed by atoms with Crippen LogP contribution in [0.2, 0.25) is 0 Å². The van der Waals surface area contributed by atoms with Gasteiger partial charge in [-0.3, -0.25) is 9.69 Å². The number of aryl methyl sites for hydroxylation is 1. The van der Waals surface area contributed by atoms with Crippen molar-refractivity contribution in [2.75, 3.05) is 26.2 Å². The van der Waals surface area contributed by atoms with Crippen molar-refractivity contribution in [3.8, 4) is 0 Å². The van der Waals surface area contributed by atoms with E-state index < -0.39 is 17.7 Å². The second-order valence-corrected chi connectivity index (χ2v) is 11.2. The maximum absolute atomic E-state index is 13.9. The minimum atomic E-state index is -4.46. The number of nitrogens with zero attached hydrogens (tertiary/aromatic N) is 3. The Morgan fingerprint density at radius 2 is 1.33 bits per heavy atom. The summed E-state index contributed by atoms with van der Waals surface area (Å²) >= 11 is 0. The predicted octanol–water partition coefficient (Wildman–Crippen LogP) is 7.65. The van der Waals surface area contributed by atoms with Crippen molar-refractivity contribution >= 4 is 16.8 Å². The molecule has 1 aliphatic rings. The molecule has 4 nitrogen and oxygen atoms in total. The molecular formula is C36H34F3N3O. The summed E-state index contributed by atoms with van der Waals surface area (Å²) in [4.78, 5) is 18.2. The van der Waals surface area contributed by atoms with Crippen LogP contribution in [0.3, 0.4) is 0 Å². The second kappa shape index (κ2) is 12.1. The SMILES string of the molecule is Cn1cc([C@H](CC(=O)N2CCN(C(c3ccccc3)c3ccccc3)CC2)c2cccc(C(F)(F)F)c2)c2ccccc21. The number of rotatable bonds is 7. The molecule has 0 aliphatic carbocycles. The second-order valence-electron chi connectivity index (χ2n) is 11.2. The summed E-state index contributed by atoms with van der Waals surface area (Å²) in [5, 5.41) is 0.943. The van der Waals surface area contributed by atoms with Crippen molar-refractivity contribution in [2.24, 2.45) is 7.05 Å². The highest BCUT2D eigenvalue weighted by Gasteiger charge is 2.33. The van der Waals surface area contributed by atoms with Gasteiger partial charge in [0.15, 0.2) is 0 Å². The van der Waals surface area contributed by atoms with Crippen LogP contribution in [0, 0.1) is 0 Å². The van der Waals surface area contributed by atoms with Gasteiger partial charge in [-0.05, 0) is 34.4 Å². The molecule has 43 heavy (non-hydrogen) atoms. The van der Waals surface area contributed by atoms with Gasteiger partial charge in [-0.1, -0.05) is 97.1 Å². The van der Waals surface area contributed by atoms with E-state index in [1.54, 1.807) is 6.07 Å². The van der Waals surface area contributed by atoms with E-state index in [9.17, 15) is 18.0 Å². The van der Waals surface area contributed by atoms with Gasteiger partial charge in [0.1, 0.15) is 0 Å². The van der Waals surface area contributed by atoms with E-state index in [1.165, 1.54) is 23.3 Å². The molecule has 1 atom stereocenters. The molecule has 0 radical (unpaired) electrons. The zero-order valence-electron chi connectivity index (χ0n) is 24.0. The van der Waals surface area contributed by atoms with E-state index in [2.05, 4.69) is 29.2 Å². The first-order valence-electron chi connectivity index (χ1n) is 14.6. The fourth-order valence-electron chi connectivity index (χ4n) is 6.41. The molecule has 0 spiro atoms. The average Bonchev–Trinajstić information content (AvgIpc) is 3.37. The minimum absolute atomic E-state index is 0.0500. The van der Waals surface area contributed by atoms with Crippen LogP contribution in [0.15, 0.2) is 115 Å². The van der Waals surface area contributed by atoms with Crippen molar-refractivity contribution < 1.29 is 18.0 Å². The number of carbonyl (C=O) groups is 1. The molecule has 0 bridgehead atoms. The van der Waals surface area contributed by atoms with Crippen LogP contribution in [-0.2, 0) is 18.0 Å². The number of fused-ring (bicyclic) bond motifs is 1. The average molecular weight is 582 g/mol. The molecule has 0 saturated carbocycles. The summed E-state index contributed by atoms with van der Waals surface area (Å²) in [5.74, 6) is -0.564. The molecular weight excluding hydrogens is 547 g/mol. The summed E-state index contributed by atoms with van der Waals surface area (Å²) in [6, 6.07) is 34.1. The predicted molar refractivity (Wildman–Crippen MR) is 164 cm³/mol. The van der Waals surface area contributed by atoms with Gasteiger partial charge >= 0.3 is 6.18 Å². The van der Waals surface area contributed by atoms with E-state index in [1.807, 2.05) is 83.4 Å². The fourth-order valence-corrected chi connectivity index (χ4v) is 6.41. The maximum atomic E-state index is 13.9. The first-order chi connectivity index (χ1) is 20.8. The minimum Gasteiger partial charge on any atom is -0.350 e. The third kappa shape index (κ3) is 6.09. The van der Waals surface area contributed by atoms with Gasteiger partial charge in [-0.25, -0.2) is 0 Å². The number of piperazine rings is 1. The fraction of sp³-hybridized carbons (Fsp3) is 0.250. The third-order valence-electron chi connectivity index (χ3n) is 8.56. The van der Waals surface area contributed by atoms with Crippen LogP contribution in [0.1, 0.15) is 46.2 Å². The highest BCUT2D eigenvalue weighted by molar-refractivity contribution is 5.86. The number of halogens is 3. The Morgan fingerprint density at radius 3 is 1.95 bits per heavy atom. The molecule has 5 aromatic rings. The monoisotopic (exact) mass is 581 g/mol. The van der Waals surface area contributed by atoms with Crippen molar-refractivity contribution in [3.05, 3.63) is 143 Å². The Bertz CT molecular complexity index is 1650. The first-order valence-corrected chi connectivity index (χ1v) is 14.6. The summed E-state index contributed by atoms with van der Waals surface area (Å²) in [6.45, 7) is 2.51. The van der Waals surface area contributed by atoms with Gasteiger partial charge in [-0.15, -0.1) is 0 Å². The van der Waals surface area contributed by atoms with Crippen molar-refractivity contribution in [1.82, 2.24) is 14.4 Å². The number of amides is 1. The quantitative estimate of drug-likeness (QED) is 0.198. The van der Waals surface area contributed by atoms with Gasteiger partial charge in [0.05, 0.1) is 11.6 Å². The maximum Gasteiger partial charge on any atom is 0.416 e. The standard InChI is InChI=1S/C36H34F3N3O/c1-40-25-32(30-17-8-9-18-33(30)40)31(28-15-10-16-29(23-28)36(37,38)39)24-34(43)41-19-21-42(22-20-41)35(26-11-4-2-5-12-26)27-13-6-3-7-14-27/h2-18,23,25,31,35H,19-22,24H2,1H3/t31-/m1/s1. The highest BCUT2D eigenvalue weighted by Crippen LogP contribution is 2.38. The Balaban J connectivity index is 1.26. The van der Waals surface area contributed by atoms with Crippen molar-refractivity contribution in [3.63, 3.8) is 0 Å². The molecule has 1 aliphatic heterocycles. The Hall–Kier alpha value is -4.36. The van der Waals surface area contributed by atoms with E-state index in [0.29, 0.717) is 31.7 Å². The Morgan fingerprint density at radius 1 is 0.744 bits per heavy atom. The molecule has 1 saturated heterocycles. The van der Waals surface area contributed by atoms with Crippen LogP contribution in [0.5, 0.6) is 0 Å². The topological polar surface area (TPSA) is 28.5 Å². The van der Waals surface area contributed by atoms with E-state index >= 15 is 0 Å². The highest BCUT2D eigenvalue weighted by atomic mass is 19.4. The van der Waals surface area contributed by atoms with Gasteiger partial charge in [-0.2, -0.15) is 13.2 Å². The zero-order valence-corrected chi connectivity index (χ0v) is 24.0. The summed E-state index contributed by atoms with van der Waals surface area (Å²) in [6.07, 6.45) is -2.42. The number of hydrogen-bond donors (Lipinski definition) is 0. The molecule has 1 fully saturated rings. The lowest BCUT2D eigenvalue weighted by molar-refractivity contribution is -0.137. The van der Waals surface area contributed by atoms with Crippen LogP contribution < -0.4 is 0 Å². The van der Waals surface area contributed by atoms with Crippen LogP contribution >= 0.6 is 0 Å². The number of aromatic nitrogens is 1. The van der Waals surface area contributed by atoms with Crippen molar-refractivity contribution in [2.45, 2.75) is 24.6 Å². The lowest BCUT2D eigenvalue weighted by Gasteiger charge is -2.40. The third-order valence-corrected chi connectivity index (χ3v) is 8.56. The number of hydrogen-bond acceptors (Lipinski definition) is 2. The van der Waals surface area contributed by atoms with E-state index in [-0.39, 0.29) is 18.4 Å². The number of benzene rings is 4. The molecule has 7 heteroatoms. The number of alkyl halides is 3. The number of para-hydroxylation sites is 1. The van der Waals surface area contributed by atoms with E-state index in [0.717, 1.165) is 22.5 Å². The lowest BCUT2D eigenvalue weighted by atomic mass is 9.87. The molecule has 4 aromatic carbocycles. The lowest BCUT2D eigenvalue weighted by Crippen LogP contribution is -2.50. The van der Waals surface area contributed by atoms with Gasteiger partial charge in [0.25, 0.3) is 0 Å². The van der Waals surface area contributed by atoms with Crippen LogP contribution in [0.25, 0.3) is 10.9 Å². The summed E-state index contributed by atoms with van der Waals surface area (Å²) < 4.78 is 43.1. The first kappa shape index (κ1) is 28.7. The molecule has 1 amide bonds. The van der Waals surface area contributed by atoms with Gasteiger partial charge in [0.2, 0.25) is 5.91 Å². The molecule has 2 heterocycles. The van der Waals surface area contributed by atoms with E-state index in [4.69, 9.17) is 0 Å². The Labute approximate surface area is 250 Å². The normalized spacial score (nSPS) is 15.2. The molecule has 6 rings (SSSR count). The molecule has 1 aromatic heterocycles.